The molecular weight excluding hydrogens is 316 g/mol. The van der Waals surface area contributed by atoms with Crippen LogP contribution in [0.2, 0.25) is 0 Å². The summed E-state index contributed by atoms with van der Waals surface area (Å²) < 4.78 is 10.0. The van der Waals surface area contributed by atoms with Crippen LogP contribution in [0.15, 0.2) is 0 Å². The molecule has 24 heavy (non-hydrogen) atoms. The molecule has 0 aliphatic carbocycles. The Hall–Kier alpha value is -1.55. The van der Waals surface area contributed by atoms with Gasteiger partial charge in [-0.25, -0.2) is 5.43 Å². The maximum absolute atomic E-state index is 12.4. The van der Waals surface area contributed by atoms with Crippen LogP contribution in [-0.2, 0) is 23.9 Å². The predicted molar refractivity (Wildman–Crippen MR) is 86.7 cm³/mol. The summed E-state index contributed by atoms with van der Waals surface area (Å²) in [6, 6.07) is -1.39. The Labute approximate surface area is 142 Å². The van der Waals surface area contributed by atoms with Crippen molar-refractivity contribution in [2.45, 2.75) is 44.9 Å². The summed E-state index contributed by atoms with van der Waals surface area (Å²) in [5, 5.41) is 5.13. The molecule has 0 saturated carbocycles. The summed E-state index contributed by atoms with van der Waals surface area (Å²) in [6.45, 7) is 5.83. The third kappa shape index (κ3) is 6.16. The second-order valence-corrected chi connectivity index (χ2v) is 6.53. The average Bonchev–Trinajstić information content (AvgIpc) is 3.27. The summed E-state index contributed by atoms with van der Waals surface area (Å²) in [4.78, 5) is 36.3. The summed E-state index contributed by atoms with van der Waals surface area (Å²) in [6.07, 6.45) is 0.508. The fourth-order valence-corrected chi connectivity index (χ4v) is 2.22. The summed E-state index contributed by atoms with van der Waals surface area (Å²) in [7, 11) is 1.44. The van der Waals surface area contributed by atoms with E-state index in [0.717, 1.165) is 0 Å². The SMILES string of the molecule is COCC(NN)C(=O)NCC(=O)NC(CC(C)C)C(=O)[C@@]1(C)CO1. The maximum atomic E-state index is 12.4. The van der Waals surface area contributed by atoms with Gasteiger partial charge < -0.3 is 20.1 Å². The van der Waals surface area contributed by atoms with Gasteiger partial charge in [0.25, 0.3) is 0 Å². The van der Waals surface area contributed by atoms with Crippen LogP contribution in [0, 0.1) is 5.92 Å². The second-order valence-electron chi connectivity index (χ2n) is 6.53. The lowest BCUT2D eigenvalue weighted by Crippen LogP contribution is -2.53. The van der Waals surface area contributed by atoms with Crippen molar-refractivity contribution in [2.24, 2.45) is 11.8 Å². The van der Waals surface area contributed by atoms with Gasteiger partial charge in [0.15, 0.2) is 5.78 Å². The van der Waals surface area contributed by atoms with E-state index in [2.05, 4.69) is 16.1 Å². The standard InChI is InChI=1S/C15H28N4O5/c1-9(2)5-10(13(21)15(3)8-24-15)18-12(20)6-17-14(22)11(19-16)7-23-4/h9-11,19H,5-8,16H2,1-4H3,(H,17,22)(H,18,20)/t10?,11?,15-/m1/s1. The number of methoxy groups -OCH3 is 1. The number of ketones is 1. The molecule has 9 nitrogen and oxygen atoms in total. The first-order chi connectivity index (χ1) is 11.2. The van der Waals surface area contributed by atoms with Gasteiger partial charge in [-0.15, -0.1) is 0 Å². The molecule has 1 rings (SSSR count). The molecule has 1 fully saturated rings. The van der Waals surface area contributed by atoms with Crippen molar-refractivity contribution >= 4 is 17.6 Å². The van der Waals surface area contributed by atoms with E-state index in [1.807, 2.05) is 13.8 Å². The molecule has 0 bridgehead atoms. The minimum atomic E-state index is -0.802. The van der Waals surface area contributed by atoms with Crippen molar-refractivity contribution in [3.63, 3.8) is 0 Å². The van der Waals surface area contributed by atoms with E-state index < -0.39 is 29.5 Å². The number of hydrogen-bond acceptors (Lipinski definition) is 7. The van der Waals surface area contributed by atoms with E-state index in [4.69, 9.17) is 15.3 Å². The monoisotopic (exact) mass is 344 g/mol. The van der Waals surface area contributed by atoms with E-state index in [1.165, 1.54) is 7.11 Å². The largest absolute Gasteiger partial charge is 0.382 e. The van der Waals surface area contributed by atoms with Crippen molar-refractivity contribution in [1.82, 2.24) is 16.1 Å². The highest BCUT2D eigenvalue weighted by molar-refractivity contribution is 5.97. The van der Waals surface area contributed by atoms with Gasteiger partial charge in [-0.3, -0.25) is 20.2 Å². The zero-order chi connectivity index (χ0) is 18.3. The van der Waals surface area contributed by atoms with Crippen molar-refractivity contribution < 1.29 is 23.9 Å². The molecule has 1 heterocycles. The molecule has 5 N–H and O–H groups in total. The minimum absolute atomic E-state index is 0.0775. The van der Waals surface area contributed by atoms with Gasteiger partial charge in [0, 0.05) is 7.11 Å². The highest BCUT2D eigenvalue weighted by Crippen LogP contribution is 2.29. The van der Waals surface area contributed by atoms with Crippen LogP contribution < -0.4 is 21.9 Å². The molecule has 0 aromatic heterocycles. The fraction of sp³-hybridized carbons (Fsp3) is 0.800. The number of rotatable bonds is 11. The zero-order valence-corrected chi connectivity index (χ0v) is 14.7. The molecule has 9 heteroatoms. The van der Waals surface area contributed by atoms with Crippen molar-refractivity contribution in [1.29, 1.82) is 0 Å². The Morgan fingerprint density at radius 2 is 1.92 bits per heavy atom. The van der Waals surface area contributed by atoms with Crippen molar-refractivity contribution in [2.75, 3.05) is 26.9 Å². The number of hydrogen-bond donors (Lipinski definition) is 4. The van der Waals surface area contributed by atoms with Gasteiger partial charge in [0.2, 0.25) is 11.8 Å². The van der Waals surface area contributed by atoms with Crippen LogP contribution in [0.3, 0.4) is 0 Å². The Bertz CT molecular complexity index is 465. The van der Waals surface area contributed by atoms with Gasteiger partial charge in [0.1, 0.15) is 11.6 Å². The van der Waals surface area contributed by atoms with Crippen LogP contribution >= 0.6 is 0 Å². The lowest BCUT2D eigenvalue weighted by molar-refractivity contribution is -0.131. The van der Waals surface area contributed by atoms with Crippen LogP contribution in [0.4, 0.5) is 0 Å². The second kappa shape index (κ2) is 9.07. The fourth-order valence-electron chi connectivity index (χ4n) is 2.22. The van der Waals surface area contributed by atoms with Crippen LogP contribution in [-0.4, -0.2) is 62.2 Å². The zero-order valence-electron chi connectivity index (χ0n) is 14.7. The molecule has 138 valence electrons. The first-order valence-electron chi connectivity index (χ1n) is 7.94. The van der Waals surface area contributed by atoms with Crippen LogP contribution in [0.5, 0.6) is 0 Å². The maximum Gasteiger partial charge on any atom is 0.241 e. The average molecular weight is 344 g/mol. The van der Waals surface area contributed by atoms with Gasteiger partial charge in [-0.2, -0.15) is 0 Å². The van der Waals surface area contributed by atoms with E-state index in [1.54, 1.807) is 6.92 Å². The number of Topliss-reactive ketones (excluding diaryl/α,β-unsaturated/α-hetero) is 1. The molecule has 1 aliphatic heterocycles. The number of nitrogens with two attached hydrogens (primary N) is 1. The third-order valence-corrected chi connectivity index (χ3v) is 3.73. The smallest absolute Gasteiger partial charge is 0.241 e. The van der Waals surface area contributed by atoms with Crippen molar-refractivity contribution in [3.05, 3.63) is 0 Å². The third-order valence-electron chi connectivity index (χ3n) is 3.73. The molecule has 0 radical (unpaired) electrons. The topological polar surface area (TPSA) is 135 Å². The van der Waals surface area contributed by atoms with Gasteiger partial charge in [0.05, 0.1) is 25.8 Å². The van der Waals surface area contributed by atoms with E-state index in [0.29, 0.717) is 13.0 Å². The van der Waals surface area contributed by atoms with Crippen LogP contribution in [0.25, 0.3) is 0 Å². The molecule has 0 aromatic carbocycles. The van der Waals surface area contributed by atoms with E-state index >= 15 is 0 Å². The Morgan fingerprint density at radius 1 is 1.29 bits per heavy atom. The molecular formula is C15H28N4O5. The lowest BCUT2D eigenvalue weighted by atomic mass is 9.93. The molecule has 1 aliphatic rings. The highest BCUT2D eigenvalue weighted by atomic mass is 16.6. The van der Waals surface area contributed by atoms with E-state index in [9.17, 15) is 14.4 Å². The Balaban J connectivity index is 2.52. The Kier molecular flexibility index (Phi) is 7.74. The normalized spacial score (nSPS) is 21.9. The number of carbonyl (C=O) groups excluding carboxylic acids is 3. The first-order valence-corrected chi connectivity index (χ1v) is 7.94. The van der Waals surface area contributed by atoms with Gasteiger partial charge in [-0.1, -0.05) is 13.8 Å². The predicted octanol–water partition coefficient (Wildman–Crippen LogP) is -1.53. The number of carbonyl (C=O) groups is 3. The molecule has 2 unspecified atom stereocenters. The summed E-state index contributed by atoms with van der Waals surface area (Å²) >= 11 is 0. The van der Waals surface area contributed by atoms with Crippen LogP contribution in [0.1, 0.15) is 27.2 Å². The van der Waals surface area contributed by atoms with Gasteiger partial charge >= 0.3 is 0 Å². The number of ether oxygens (including phenoxy) is 2. The number of hydrazine groups is 1. The molecule has 1 saturated heterocycles. The first kappa shape index (κ1) is 20.5. The summed E-state index contributed by atoms with van der Waals surface area (Å²) in [5.74, 6) is 4.43. The minimum Gasteiger partial charge on any atom is -0.382 e. The molecule has 3 atom stereocenters. The summed E-state index contributed by atoms with van der Waals surface area (Å²) in [5.41, 5.74) is 1.50. The van der Waals surface area contributed by atoms with E-state index in [-0.39, 0.29) is 24.9 Å². The number of nitrogens with one attached hydrogen (secondary N) is 3. The molecule has 2 amide bonds. The Morgan fingerprint density at radius 3 is 2.38 bits per heavy atom. The molecule has 0 spiro atoms. The van der Waals surface area contributed by atoms with Gasteiger partial charge in [-0.05, 0) is 19.3 Å². The molecule has 0 aromatic rings. The van der Waals surface area contributed by atoms with Crippen molar-refractivity contribution in [3.8, 4) is 0 Å². The number of epoxide rings is 1. The number of amides is 2. The highest BCUT2D eigenvalue weighted by Gasteiger charge is 2.50. The quantitative estimate of drug-likeness (QED) is 0.203. The lowest BCUT2D eigenvalue weighted by Gasteiger charge is -2.21.